The Morgan fingerprint density at radius 3 is 2.38 bits per heavy atom. The summed E-state index contributed by atoms with van der Waals surface area (Å²) < 4.78 is 45.6. The van der Waals surface area contributed by atoms with E-state index < -0.39 is 11.7 Å². The van der Waals surface area contributed by atoms with Gasteiger partial charge < -0.3 is 15.4 Å². The molecule has 2 rings (SSSR count). The number of halogens is 3. The van der Waals surface area contributed by atoms with Crippen molar-refractivity contribution in [1.29, 1.82) is 0 Å². The number of benzene rings is 1. The highest BCUT2D eigenvalue weighted by atomic mass is 19.4. The maximum absolute atomic E-state index is 13.3. The minimum absolute atomic E-state index is 0.0847. The van der Waals surface area contributed by atoms with Crippen molar-refractivity contribution < 1.29 is 17.9 Å². The molecule has 1 aromatic carbocycles. The van der Waals surface area contributed by atoms with Crippen molar-refractivity contribution in [1.82, 2.24) is 0 Å². The Balaban J connectivity index is 2.37. The first-order valence-electron chi connectivity index (χ1n) is 7.12. The van der Waals surface area contributed by atoms with Gasteiger partial charge in [-0.15, -0.1) is 0 Å². The molecule has 1 fully saturated rings. The Labute approximate surface area is 122 Å². The van der Waals surface area contributed by atoms with Crippen molar-refractivity contribution in [2.24, 2.45) is 5.73 Å². The van der Waals surface area contributed by atoms with Crippen LogP contribution in [0.3, 0.4) is 0 Å². The minimum atomic E-state index is -4.37. The van der Waals surface area contributed by atoms with Crippen LogP contribution < -0.4 is 10.6 Å². The molecule has 1 aliphatic heterocycles. The predicted molar refractivity (Wildman–Crippen MR) is 76.4 cm³/mol. The van der Waals surface area contributed by atoms with E-state index in [-0.39, 0.29) is 17.9 Å². The fourth-order valence-electron chi connectivity index (χ4n) is 2.78. The van der Waals surface area contributed by atoms with E-state index in [0.29, 0.717) is 31.6 Å². The van der Waals surface area contributed by atoms with Crippen LogP contribution in [-0.4, -0.2) is 31.8 Å². The summed E-state index contributed by atoms with van der Waals surface area (Å²) in [4.78, 5) is 1.76. The van der Waals surface area contributed by atoms with Gasteiger partial charge in [0, 0.05) is 18.8 Å². The summed E-state index contributed by atoms with van der Waals surface area (Å²) in [7, 11) is 0. The number of anilines is 1. The van der Waals surface area contributed by atoms with E-state index in [2.05, 4.69) is 0 Å². The Kier molecular flexibility index (Phi) is 4.78. The molecule has 1 saturated heterocycles. The lowest BCUT2D eigenvalue weighted by molar-refractivity contribution is -0.137. The van der Waals surface area contributed by atoms with E-state index in [4.69, 9.17) is 10.5 Å². The average molecular weight is 302 g/mol. The molecule has 1 heterocycles. The normalized spacial score (nSPS) is 23.4. The van der Waals surface area contributed by atoms with Crippen LogP contribution in [0.4, 0.5) is 18.9 Å². The molecule has 1 aliphatic rings. The monoisotopic (exact) mass is 302 g/mol. The Morgan fingerprint density at radius 2 is 1.86 bits per heavy atom. The van der Waals surface area contributed by atoms with Crippen LogP contribution in [0.15, 0.2) is 18.2 Å². The van der Waals surface area contributed by atoms with Crippen LogP contribution in [0, 0.1) is 0 Å². The lowest BCUT2D eigenvalue weighted by atomic mass is 10.0. The number of morpholine rings is 1. The van der Waals surface area contributed by atoms with Gasteiger partial charge in [-0.2, -0.15) is 13.2 Å². The molecule has 0 spiro atoms. The van der Waals surface area contributed by atoms with Gasteiger partial charge >= 0.3 is 6.18 Å². The number of hydrogen-bond acceptors (Lipinski definition) is 3. The van der Waals surface area contributed by atoms with Crippen LogP contribution in [0.5, 0.6) is 0 Å². The molecule has 118 valence electrons. The Morgan fingerprint density at radius 1 is 1.24 bits per heavy atom. The quantitative estimate of drug-likeness (QED) is 0.933. The zero-order valence-corrected chi connectivity index (χ0v) is 12.3. The van der Waals surface area contributed by atoms with Crippen LogP contribution in [-0.2, 0) is 17.3 Å². The molecule has 1 aromatic rings. The van der Waals surface area contributed by atoms with Crippen molar-refractivity contribution in [2.45, 2.75) is 38.7 Å². The number of ether oxygens (including phenoxy) is 1. The minimum Gasteiger partial charge on any atom is -0.372 e. The van der Waals surface area contributed by atoms with Gasteiger partial charge in [0.1, 0.15) is 0 Å². The third-order valence-corrected chi connectivity index (χ3v) is 3.56. The van der Waals surface area contributed by atoms with Crippen molar-refractivity contribution in [3.05, 3.63) is 29.3 Å². The number of hydrogen-bond donors (Lipinski definition) is 1. The van der Waals surface area contributed by atoms with E-state index >= 15 is 0 Å². The molecule has 0 saturated carbocycles. The maximum Gasteiger partial charge on any atom is 0.418 e. The third-order valence-electron chi connectivity index (χ3n) is 3.56. The molecule has 2 atom stereocenters. The summed E-state index contributed by atoms with van der Waals surface area (Å²) in [6.45, 7) is 5.01. The molecule has 0 amide bonds. The van der Waals surface area contributed by atoms with E-state index in [1.807, 2.05) is 13.8 Å². The molecule has 0 bridgehead atoms. The zero-order chi connectivity index (χ0) is 15.6. The molecule has 2 N–H and O–H groups in total. The third kappa shape index (κ3) is 3.89. The lowest BCUT2D eigenvalue weighted by Gasteiger charge is -2.38. The number of nitrogens with zero attached hydrogens (tertiary/aromatic N) is 1. The molecule has 2 unspecified atom stereocenters. The second-order valence-electron chi connectivity index (χ2n) is 5.55. The highest BCUT2D eigenvalue weighted by Gasteiger charge is 2.36. The molecule has 21 heavy (non-hydrogen) atoms. The smallest absolute Gasteiger partial charge is 0.372 e. The van der Waals surface area contributed by atoms with Gasteiger partial charge in [0.25, 0.3) is 0 Å². The summed E-state index contributed by atoms with van der Waals surface area (Å²) >= 11 is 0. The summed E-state index contributed by atoms with van der Waals surface area (Å²) in [5.41, 5.74) is 5.68. The van der Waals surface area contributed by atoms with Gasteiger partial charge in [-0.05, 0) is 44.5 Å². The highest BCUT2D eigenvalue weighted by molar-refractivity contribution is 5.57. The van der Waals surface area contributed by atoms with Crippen molar-refractivity contribution >= 4 is 5.69 Å². The van der Waals surface area contributed by atoms with Gasteiger partial charge in [-0.1, -0.05) is 6.07 Å². The van der Waals surface area contributed by atoms with Crippen LogP contribution in [0.1, 0.15) is 25.0 Å². The topological polar surface area (TPSA) is 38.5 Å². The molecule has 3 nitrogen and oxygen atoms in total. The zero-order valence-electron chi connectivity index (χ0n) is 12.3. The number of nitrogens with two attached hydrogens (primary N) is 1. The van der Waals surface area contributed by atoms with Crippen molar-refractivity contribution in [3.63, 3.8) is 0 Å². The van der Waals surface area contributed by atoms with Crippen LogP contribution >= 0.6 is 0 Å². The largest absolute Gasteiger partial charge is 0.418 e. The van der Waals surface area contributed by atoms with E-state index in [9.17, 15) is 13.2 Å². The molecule has 0 aromatic heterocycles. The van der Waals surface area contributed by atoms with E-state index in [0.717, 1.165) is 0 Å². The lowest BCUT2D eigenvalue weighted by Crippen LogP contribution is -2.46. The molecular formula is C15H21F3N2O. The average Bonchev–Trinajstić information content (AvgIpc) is 2.37. The van der Waals surface area contributed by atoms with Crippen molar-refractivity contribution in [2.75, 3.05) is 24.5 Å². The van der Waals surface area contributed by atoms with Crippen LogP contribution in [0.25, 0.3) is 0 Å². The number of alkyl halides is 3. The first kappa shape index (κ1) is 16.1. The predicted octanol–water partition coefficient (Wildman–Crippen LogP) is 2.82. The standard InChI is InChI=1S/C15H21F3N2O/c1-10-8-20(9-11(2)21-10)14-4-3-12(5-6-19)7-13(14)15(16,17)18/h3-4,7,10-11H,5-6,8-9,19H2,1-2H3. The van der Waals surface area contributed by atoms with Gasteiger partial charge in [-0.25, -0.2) is 0 Å². The summed E-state index contributed by atoms with van der Waals surface area (Å²) in [6.07, 6.45) is -4.10. The Hall–Kier alpha value is -1.27. The molecule has 0 radical (unpaired) electrons. The van der Waals surface area contributed by atoms with E-state index in [1.54, 1.807) is 17.0 Å². The number of rotatable bonds is 3. The SMILES string of the molecule is CC1CN(c2ccc(CCN)cc2C(F)(F)F)CC(C)O1. The van der Waals surface area contributed by atoms with Gasteiger partial charge in [0.15, 0.2) is 0 Å². The second-order valence-corrected chi connectivity index (χ2v) is 5.55. The Bertz CT molecular complexity index is 480. The van der Waals surface area contributed by atoms with E-state index in [1.165, 1.54) is 6.07 Å². The summed E-state index contributed by atoms with van der Waals surface area (Å²) in [5.74, 6) is 0. The van der Waals surface area contributed by atoms with Gasteiger partial charge in [0.05, 0.1) is 17.8 Å². The fraction of sp³-hybridized carbons (Fsp3) is 0.600. The molecular weight excluding hydrogens is 281 g/mol. The highest BCUT2D eigenvalue weighted by Crippen LogP contribution is 2.38. The maximum atomic E-state index is 13.3. The van der Waals surface area contributed by atoms with Gasteiger partial charge in [0.2, 0.25) is 0 Å². The first-order chi connectivity index (χ1) is 9.81. The van der Waals surface area contributed by atoms with Crippen molar-refractivity contribution in [3.8, 4) is 0 Å². The molecule has 6 heteroatoms. The second kappa shape index (κ2) is 6.23. The molecule has 0 aliphatic carbocycles. The van der Waals surface area contributed by atoms with Gasteiger partial charge in [-0.3, -0.25) is 0 Å². The first-order valence-corrected chi connectivity index (χ1v) is 7.12. The fourth-order valence-corrected chi connectivity index (χ4v) is 2.78. The van der Waals surface area contributed by atoms with Crippen LogP contribution in [0.2, 0.25) is 0 Å². The summed E-state index contributed by atoms with van der Waals surface area (Å²) in [5, 5.41) is 0. The summed E-state index contributed by atoms with van der Waals surface area (Å²) in [6, 6.07) is 4.49.